The summed E-state index contributed by atoms with van der Waals surface area (Å²) in [5.74, 6) is 0.149. The van der Waals surface area contributed by atoms with Gasteiger partial charge in [0.2, 0.25) is 5.91 Å². The zero-order chi connectivity index (χ0) is 19.1. The van der Waals surface area contributed by atoms with Crippen LogP contribution in [-0.4, -0.2) is 32.2 Å². The minimum absolute atomic E-state index is 0.149. The Kier molecular flexibility index (Phi) is 21.9. The van der Waals surface area contributed by atoms with Gasteiger partial charge in [-0.3, -0.25) is 4.79 Å². The van der Waals surface area contributed by atoms with Gasteiger partial charge in [0, 0.05) is 19.5 Å². The molecule has 0 heterocycles. The SMILES string of the molecule is CCCCCCCCCCCCCCCCCC(=O)NCCOCCN. The maximum Gasteiger partial charge on any atom is 0.220 e. The third-order valence-corrected chi connectivity index (χ3v) is 4.84. The first-order chi connectivity index (χ1) is 12.8. The van der Waals surface area contributed by atoms with Crippen molar-refractivity contribution in [3.63, 3.8) is 0 Å². The van der Waals surface area contributed by atoms with E-state index >= 15 is 0 Å². The van der Waals surface area contributed by atoms with Gasteiger partial charge in [-0.25, -0.2) is 0 Å². The van der Waals surface area contributed by atoms with Gasteiger partial charge in [-0.2, -0.15) is 0 Å². The number of carbonyl (C=O) groups is 1. The van der Waals surface area contributed by atoms with E-state index in [0.29, 0.717) is 32.7 Å². The fourth-order valence-electron chi connectivity index (χ4n) is 3.19. The highest BCUT2D eigenvalue weighted by molar-refractivity contribution is 5.75. The summed E-state index contributed by atoms with van der Waals surface area (Å²) >= 11 is 0. The van der Waals surface area contributed by atoms with Gasteiger partial charge in [0.05, 0.1) is 13.2 Å². The number of hydrogen-bond acceptors (Lipinski definition) is 3. The number of ether oxygens (including phenoxy) is 1. The van der Waals surface area contributed by atoms with E-state index in [4.69, 9.17) is 10.5 Å². The van der Waals surface area contributed by atoms with Gasteiger partial charge >= 0.3 is 0 Å². The minimum atomic E-state index is 0.149. The molecule has 0 bridgehead atoms. The molecule has 0 saturated carbocycles. The normalized spacial score (nSPS) is 11.0. The predicted molar refractivity (Wildman–Crippen MR) is 112 cm³/mol. The highest BCUT2D eigenvalue weighted by atomic mass is 16.5. The van der Waals surface area contributed by atoms with Crippen molar-refractivity contribution in [1.82, 2.24) is 5.32 Å². The van der Waals surface area contributed by atoms with Crippen molar-refractivity contribution < 1.29 is 9.53 Å². The zero-order valence-electron chi connectivity index (χ0n) is 17.5. The average Bonchev–Trinajstić information content (AvgIpc) is 2.64. The Morgan fingerprint density at radius 2 is 1.19 bits per heavy atom. The van der Waals surface area contributed by atoms with Crippen molar-refractivity contribution in [2.24, 2.45) is 5.73 Å². The van der Waals surface area contributed by atoms with Gasteiger partial charge in [0.15, 0.2) is 0 Å². The van der Waals surface area contributed by atoms with Crippen molar-refractivity contribution >= 4 is 5.91 Å². The molecule has 0 aromatic rings. The van der Waals surface area contributed by atoms with Gasteiger partial charge in [0.25, 0.3) is 0 Å². The van der Waals surface area contributed by atoms with Gasteiger partial charge < -0.3 is 15.8 Å². The van der Waals surface area contributed by atoms with Crippen LogP contribution in [0.25, 0.3) is 0 Å². The Morgan fingerprint density at radius 1 is 0.731 bits per heavy atom. The number of carbonyl (C=O) groups excluding carboxylic acids is 1. The molecule has 0 spiro atoms. The highest BCUT2D eigenvalue weighted by Crippen LogP contribution is 2.13. The smallest absolute Gasteiger partial charge is 0.220 e. The second-order valence-corrected chi connectivity index (χ2v) is 7.45. The van der Waals surface area contributed by atoms with Gasteiger partial charge in [-0.15, -0.1) is 0 Å². The summed E-state index contributed by atoms with van der Waals surface area (Å²) in [6.07, 6.45) is 20.9. The largest absolute Gasteiger partial charge is 0.378 e. The molecular weight excluding hydrogens is 324 g/mol. The summed E-state index contributed by atoms with van der Waals surface area (Å²) in [5.41, 5.74) is 5.33. The van der Waals surface area contributed by atoms with Crippen molar-refractivity contribution in [2.75, 3.05) is 26.3 Å². The summed E-state index contributed by atoms with van der Waals surface area (Å²) in [5, 5.41) is 2.89. The van der Waals surface area contributed by atoms with Crippen LogP contribution in [0.4, 0.5) is 0 Å². The molecule has 0 rings (SSSR count). The number of nitrogens with one attached hydrogen (secondary N) is 1. The number of nitrogens with two attached hydrogens (primary N) is 1. The molecule has 0 aliphatic heterocycles. The van der Waals surface area contributed by atoms with Crippen LogP contribution in [0.15, 0.2) is 0 Å². The predicted octanol–water partition coefficient (Wildman–Crippen LogP) is 5.34. The quantitative estimate of drug-likeness (QED) is 0.268. The molecule has 0 aliphatic rings. The van der Waals surface area contributed by atoms with Crippen LogP contribution in [0.1, 0.15) is 110 Å². The van der Waals surface area contributed by atoms with Crippen molar-refractivity contribution in [3.05, 3.63) is 0 Å². The lowest BCUT2D eigenvalue weighted by molar-refractivity contribution is -0.121. The third-order valence-electron chi connectivity index (χ3n) is 4.84. The molecule has 0 unspecified atom stereocenters. The number of rotatable bonds is 21. The van der Waals surface area contributed by atoms with Gasteiger partial charge in [0.1, 0.15) is 0 Å². The summed E-state index contributed by atoms with van der Waals surface area (Å²) in [7, 11) is 0. The van der Waals surface area contributed by atoms with E-state index in [2.05, 4.69) is 12.2 Å². The van der Waals surface area contributed by atoms with Crippen LogP contribution >= 0.6 is 0 Å². The molecule has 0 atom stereocenters. The molecule has 4 nitrogen and oxygen atoms in total. The van der Waals surface area contributed by atoms with E-state index in [1.54, 1.807) is 0 Å². The second kappa shape index (κ2) is 22.4. The van der Waals surface area contributed by atoms with Crippen LogP contribution in [0, 0.1) is 0 Å². The molecule has 26 heavy (non-hydrogen) atoms. The Labute approximate surface area is 163 Å². The fraction of sp³-hybridized carbons (Fsp3) is 0.955. The van der Waals surface area contributed by atoms with Crippen LogP contribution in [0.3, 0.4) is 0 Å². The van der Waals surface area contributed by atoms with E-state index in [0.717, 1.165) is 6.42 Å². The standard InChI is InChI=1S/C22H46N2O2/c1-2-3-4-5-6-7-8-9-10-11-12-13-14-15-16-17-22(25)24-19-21-26-20-18-23/h2-21,23H2,1H3,(H,24,25). The highest BCUT2D eigenvalue weighted by Gasteiger charge is 2.00. The molecule has 0 aromatic carbocycles. The topological polar surface area (TPSA) is 64.3 Å². The number of amides is 1. The summed E-state index contributed by atoms with van der Waals surface area (Å²) < 4.78 is 5.22. The van der Waals surface area contributed by atoms with Crippen LogP contribution in [-0.2, 0) is 9.53 Å². The van der Waals surface area contributed by atoms with Crippen LogP contribution < -0.4 is 11.1 Å². The monoisotopic (exact) mass is 370 g/mol. The van der Waals surface area contributed by atoms with Crippen molar-refractivity contribution in [1.29, 1.82) is 0 Å². The van der Waals surface area contributed by atoms with Crippen LogP contribution in [0.2, 0.25) is 0 Å². The summed E-state index contributed by atoms with van der Waals surface area (Å²) in [4.78, 5) is 11.6. The van der Waals surface area contributed by atoms with Gasteiger partial charge in [-0.1, -0.05) is 96.8 Å². The first kappa shape index (κ1) is 25.4. The summed E-state index contributed by atoms with van der Waals surface area (Å²) in [6, 6.07) is 0. The molecule has 0 saturated heterocycles. The molecular formula is C22H46N2O2. The van der Waals surface area contributed by atoms with Crippen LogP contribution in [0.5, 0.6) is 0 Å². The Hall–Kier alpha value is -0.610. The Bertz CT molecular complexity index is 285. The van der Waals surface area contributed by atoms with Crippen molar-refractivity contribution in [3.8, 4) is 0 Å². The first-order valence-electron chi connectivity index (χ1n) is 11.4. The number of hydrogen-bond donors (Lipinski definition) is 2. The van der Waals surface area contributed by atoms with E-state index in [1.165, 1.54) is 89.9 Å². The summed E-state index contributed by atoms with van der Waals surface area (Å²) in [6.45, 7) is 4.53. The molecule has 0 radical (unpaired) electrons. The van der Waals surface area contributed by atoms with Crippen molar-refractivity contribution in [2.45, 2.75) is 110 Å². The van der Waals surface area contributed by atoms with E-state index in [1.807, 2.05) is 0 Å². The lowest BCUT2D eigenvalue weighted by Crippen LogP contribution is -2.27. The first-order valence-corrected chi connectivity index (χ1v) is 11.4. The Morgan fingerprint density at radius 3 is 1.65 bits per heavy atom. The van der Waals surface area contributed by atoms with E-state index < -0.39 is 0 Å². The second-order valence-electron chi connectivity index (χ2n) is 7.45. The fourth-order valence-corrected chi connectivity index (χ4v) is 3.19. The lowest BCUT2D eigenvalue weighted by Gasteiger charge is -2.06. The maximum absolute atomic E-state index is 11.6. The molecule has 1 amide bonds. The van der Waals surface area contributed by atoms with Gasteiger partial charge in [-0.05, 0) is 6.42 Å². The maximum atomic E-state index is 11.6. The molecule has 4 heteroatoms. The van der Waals surface area contributed by atoms with E-state index in [-0.39, 0.29) is 5.91 Å². The molecule has 156 valence electrons. The molecule has 3 N–H and O–H groups in total. The van der Waals surface area contributed by atoms with E-state index in [9.17, 15) is 4.79 Å². The molecule has 0 aromatic heterocycles. The Balaban J connectivity index is 3.09. The molecule has 0 fully saturated rings. The number of unbranched alkanes of at least 4 members (excludes halogenated alkanes) is 14. The minimum Gasteiger partial charge on any atom is -0.378 e. The third kappa shape index (κ3) is 21.4. The average molecular weight is 371 g/mol. The molecule has 0 aliphatic carbocycles. The lowest BCUT2D eigenvalue weighted by atomic mass is 10.0. The zero-order valence-corrected chi connectivity index (χ0v) is 17.5.